The minimum Gasteiger partial charge on any atom is -0.374 e. The Labute approximate surface area is 104 Å². The summed E-state index contributed by atoms with van der Waals surface area (Å²) in [5, 5.41) is 0. The number of rotatable bonds is 6. The number of benzene rings is 1. The molecule has 0 aromatic heterocycles. The van der Waals surface area contributed by atoms with Gasteiger partial charge in [-0.1, -0.05) is 43.7 Å². The topological polar surface area (TPSA) is 35.2 Å². The Morgan fingerprint density at radius 1 is 1.29 bits per heavy atom. The van der Waals surface area contributed by atoms with Crippen molar-refractivity contribution in [2.75, 3.05) is 6.54 Å². The summed E-state index contributed by atoms with van der Waals surface area (Å²) in [7, 11) is 0. The lowest BCUT2D eigenvalue weighted by Gasteiger charge is -2.47. The highest BCUT2D eigenvalue weighted by Gasteiger charge is 2.42. The van der Waals surface area contributed by atoms with Crippen molar-refractivity contribution in [2.45, 2.75) is 45.3 Å². The molecule has 2 heteroatoms. The number of nitrogens with two attached hydrogens (primary N) is 1. The lowest BCUT2D eigenvalue weighted by atomic mass is 9.64. The summed E-state index contributed by atoms with van der Waals surface area (Å²) in [5.74, 6) is 0. The molecule has 0 amide bonds. The summed E-state index contributed by atoms with van der Waals surface area (Å²) in [6.45, 7) is 3.78. The third-order valence-electron chi connectivity index (χ3n) is 3.86. The van der Waals surface area contributed by atoms with E-state index in [-0.39, 0.29) is 0 Å². The lowest BCUT2D eigenvalue weighted by molar-refractivity contribution is -0.0882. The maximum atomic E-state index is 5.91. The van der Waals surface area contributed by atoms with Gasteiger partial charge in [0, 0.05) is 0 Å². The summed E-state index contributed by atoms with van der Waals surface area (Å²) < 4.78 is 5.91. The van der Waals surface area contributed by atoms with Gasteiger partial charge in [0.15, 0.2) is 0 Å². The molecule has 0 atom stereocenters. The van der Waals surface area contributed by atoms with Crippen molar-refractivity contribution in [2.24, 2.45) is 11.1 Å². The molecule has 0 spiro atoms. The van der Waals surface area contributed by atoms with Crippen LogP contribution in [0.4, 0.5) is 0 Å². The minimum absolute atomic E-state index is 0.385. The average molecular weight is 233 g/mol. The van der Waals surface area contributed by atoms with E-state index in [2.05, 4.69) is 31.2 Å². The minimum atomic E-state index is 0.385. The molecular formula is C15H23NO. The van der Waals surface area contributed by atoms with Crippen molar-refractivity contribution in [3.05, 3.63) is 35.9 Å². The summed E-state index contributed by atoms with van der Waals surface area (Å²) in [6, 6.07) is 10.4. The van der Waals surface area contributed by atoms with Crippen LogP contribution < -0.4 is 5.73 Å². The second-order valence-electron chi connectivity index (χ2n) is 5.28. The number of hydrogen-bond acceptors (Lipinski definition) is 2. The molecule has 1 aliphatic carbocycles. The van der Waals surface area contributed by atoms with Crippen molar-refractivity contribution in [1.82, 2.24) is 0 Å². The molecule has 94 valence electrons. The van der Waals surface area contributed by atoms with Crippen LogP contribution in [0.15, 0.2) is 30.3 Å². The molecule has 0 radical (unpaired) electrons. The normalized spacial score (nSPS) is 27.8. The van der Waals surface area contributed by atoms with Crippen LogP contribution in [0.2, 0.25) is 0 Å². The molecule has 0 aliphatic heterocycles. The molecule has 2 nitrogen and oxygen atoms in total. The van der Waals surface area contributed by atoms with Gasteiger partial charge in [-0.05, 0) is 36.8 Å². The third-order valence-corrected chi connectivity index (χ3v) is 3.86. The Bertz CT molecular complexity index is 330. The van der Waals surface area contributed by atoms with E-state index in [9.17, 15) is 0 Å². The molecule has 2 N–H and O–H groups in total. The van der Waals surface area contributed by atoms with Crippen LogP contribution >= 0.6 is 0 Å². The van der Waals surface area contributed by atoms with Crippen molar-refractivity contribution in [1.29, 1.82) is 0 Å². The standard InChI is InChI=1S/C15H23NO/c1-2-8-15(12-16)9-14(10-15)17-11-13-6-4-3-5-7-13/h3-7,14H,2,8-12,16H2,1H3. The van der Waals surface area contributed by atoms with Gasteiger partial charge in [0.05, 0.1) is 12.7 Å². The van der Waals surface area contributed by atoms with E-state index in [1.807, 2.05) is 6.07 Å². The molecule has 0 saturated heterocycles. The summed E-state index contributed by atoms with van der Waals surface area (Å²) in [4.78, 5) is 0. The van der Waals surface area contributed by atoms with Crippen LogP contribution in [-0.4, -0.2) is 12.6 Å². The second kappa shape index (κ2) is 5.65. The van der Waals surface area contributed by atoms with Crippen molar-refractivity contribution < 1.29 is 4.74 Å². The molecule has 0 heterocycles. The third kappa shape index (κ3) is 3.08. The van der Waals surface area contributed by atoms with Crippen LogP contribution in [-0.2, 0) is 11.3 Å². The average Bonchev–Trinajstić information content (AvgIpc) is 2.33. The SMILES string of the molecule is CCCC1(CN)CC(OCc2ccccc2)C1. The van der Waals surface area contributed by atoms with Gasteiger partial charge >= 0.3 is 0 Å². The molecule has 1 aliphatic rings. The van der Waals surface area contributed by atoms with E-state index in [1.165, 1.54) is 18.4 Å². The van der Waals surface area contributed by atoms with Gasteiger partial charge in [0.25, 0.3) is 0 Å². The van der Waals surface area contributed by atoms with E-state index in [1.54, 1.807) is 0 Å². The predicted molar refractivity (Wildman–Crippen MR) is 70.6 cm³/mol. The Morgan fingerprint density at radius 3 is 2.59 bits per heavy atom. The van der Waals surface area contributed by atoms with Crippen molar-refractivity contribution in [3.8, 4) is 0 Å². The maximum absolute atomic E-state index is 5.91. The summed E-state index contributed by atoms with van der Waals surface area (Å²) >= 11 is 0. The first kappa shape index (κ1) is 12.6. The lowest BCUT2D eigenvalue weighted by Crippen LogP contribution is -2.47. The second-order valence-corrected chi connectivity index (χ2v) is 5.28. The Balaban J connectivity index is 1.74. The molecule has 17 heavy (non-hydrogen) atoms. The Hall–Kier alpha value is -0.860. The van der Waals surface area contributed by atoms with E-state index < -0.39 is 0 Å². The first-order valence-electron chi connectivity index (χ1n) is 6.63. The van der Waals surface area contributed by atoms with E-state index in [0.717, 1.165) is 26.0 Å². The smallest absolute Gasteiger partial charge is 0.0720 e. The van der Waals surface area contributed by atoms with Gasteiger partial charge in [-0.3, -0.25) is 0 Å². The molecule has 1 saturated carbocycles. The van der Waals surface area contributed by atoms with Gasteiger partial charge in [-0.25, -0.2) is 0 Å². The molecule has 2 rings (SSSR count). The van der Waals surface area contributed by atoms with Gasteiger partial charge in [0.2, 0.25) is 0 Å². The van der Waals surface area contributed by atoms with Crippen LogP contribution in [0.5, 0.6) is 0 Å². The monoisotopic (exact) mass is 233 g/mol. The van der Waals surface area contributed by atoms with E-state index in [4.69, 9.17) is 10.5 Å². The van der Waals surface area contributed by atoms with Gasteiger partial charge in [0.1, 0.15) is 0 Å². The summed E-state index contributed by atoms with van der Waals surface area (Å²) in [6.07, 6.45) is 5.18. The zero-order chi connectivity index (χ0) is 12.1. The van der Waals surface area contributed by atoms with E-state index >= 15 is 0 Å². The Morgan fingerprint density at radius 2 is 2.00 bits per heavy atom. The van der Waals surface area contributed by atoms with Crippen LogP contribution in [0.3, 0.4) is 0 Å². The molecular weight excluding hydrogens is 210 g/mol. The molecule has 1 aromatic carbocycles. The fourth-order valence-corrected chi connectivity index (χ4v) is 2.82. The fourth-order valence-electron chi connectivity index (χ4n) is 2.82. The quantitative estimate of drug-likeness (QED) is 0.819. The molecule has 1 fully saturated rings. The first-order valence-corrected chi connectivity index (χ1v) is 6.63. The highest BCUT2D eigenvalue weighted by Crippen LogP contribution is 2.45. The fraction of sp³-hybridized carbons (Fsp3) is 0.600. The molecule has 1 aromatic rings. The largest absolute Gasteiger partial charge is 0.374 e. The maximum Gasteiger partial charge on any atom is 0.0720 e. The first-order chi connectivity index (χ1) is 8.28. The zero-order valence-corrected chi connectivity index (χ0v) is 10.7. The van der Waals surface area contributed by atoms with E-state index in [0.29, 0.717) is 11.5 Å². The van der Waals surface area contributed by atoms with Crippen molar-refractivity contribution >= 4 is 0 Å². The summed E-state index contributed by atoms with van der Waals surface area (Å²) in [5.41, 5.74) is 7.51. The van der Waals surface area contributed by atoms with Gasteiger partial charge in [-0.2, -0.15) is 0 Å². The Kier molecular flexibility index (Phi) is 4.19. The highest BCUT2D eigenvalue weighted by molar-refractivity contribution is 5.13. The number of ether oxygens (including phenoxy) is 1. The predicted octanol–water partition coefficient (Wildman–Crippen LogP) is 3.11. The van der Waals surface area contributed by atoms with Crippen LogP contribution in [0, 0.1) is 5.41 Å². The van der Waals surface area contributed by atoms with Crippen molar-refractivity contribution in [3.63, 3.8) is 0 Å². The molecule has 0 unspecified atom stereocenters. The number of hydrogen-bond donors (Lipinski definition) is 1. The van der Waals surface area contributed by atoms with Gasteiger partial charge in [-0.15, -0.1) is 0 Å². The zero-order valence-electron chi connectivity index (χ0n) is 10.7. The highest BCUT2D eigenvalue weighted by atomic mass is 16.5. The molecule has 0 bridgehead atoms. The van der Waals surface area contributed by atoms with Crippen LogP contribution in [0.1, 0.15) is 38.2 Å². The van der Waals surface area contributed by atoms with Gasteiger partial charge < -0.3 is 10.5 Å². The van der Waals surface area contributed by atoms with Crippen LogP contribution in [0.25, 0.3) is 0 Å².